The van der Waals surface area contributed by atoms with Crippen LogP contribution < -0.4 is 5.32 Å². The van der Waals surface area contributed by atoms with E-state index < -0.39 is 67.4 Å². The molecule has 0 saturated carbocycles. The topological polar surface area (TPSA) is 175 Å². The second-order valence-electron chi connectivity index (χ2n) is 21.4. The summed E-state index contributed by atoms with van der Waals surface area (Å²) in [5.74, 6) is -1.23. The summed E-state index contributed by atoms with van der Waals surface area (Å²) in [5.41, 5.74) is 0. The van der Waals surface area contributed by atoms with E-state index in [4.69, 9.17) is 14.2 Å². The van der Waals surface area contributed by atoms with Crippen LogP contribution in [0.3, 0.4) is 0 Å². The van der Waals surface area contributed by atoms with E-state index in [0.29, 0.717) is 12.8 Å². The van der Waals surface area contributed by atoms with Gasteiger partial charge in [-0.05, 0) is 96.3 Å². The van der Waals surface area contributed by atoms with Crippen LogP contribution in [-0.4, -0.2) is 99.6 Å². The minimum atomic E-state index is -1.63. The van der Waals surface area contributed by atoms with E-state index in [1.165, 1.54) is 64.2 Å². The molecule has 0 radical (unpaired) electrons. The van der Waals surface area contributed by atoms with Crippen LogP contribution in [0.2, 0.25) is 0 Å². The fourth-order valence-electron chi connectivity index (χ4n) is 9.18. The van der Waals surface area contributed by atoms with Crippen molar-refractivity contribution in [3.8, 4) is 0 Å². The first-order valence-corrected chi connectivity index (χ1v) is 31.8. The minimum Gasteiger partial charge on any atom is -0.454 e. The predicted octanol–water partition coefficient (Wildman–Crippen LogP) is 15.4. The molecule has 0 bridgehead atoms. The van der Waals surface area contributed by atoms with Gasteiger partial charge in [0.05, 0.1) is 25.4 Å². The normalized spacial score (nSPS) is 19.6. The molecule has 1 saturated heterocycles. The minimum absolute atomic E-state index is 0.104. The molecular formula is C69H115NO10. The van der Waals surface area contributed by atoms with E-state index in [-0.39, 0.29) is 19.4 Å². The first-order chi connectivity index (χ1) is 39.2. The SMILES string of the molecule is CC/C=C\C/C=C\C/C=C\C/C=C\C/C=C\C/C=C\CCCCCCCCCCC(=O)OC1C(OCC(NC(=O)C(O)CCCCCC\C=C/C=C/C=C/CC)C(O)/C=C/CCCCCCCCCCCC)OC(CO)C(O)C1O. The molecule has 0 spiro atoms. The number of aliphatic hydroxyl groups is 5. The Morgan fingerprint density at radius 1 is 0.512 bits per heavy atom. The predicted molar refractivity (Wildman–Crippen MR) is 333 cm³/mol. The highest BCUT2D eigenvalue weighted by Crippen LogP contribution is 2.26. The Labute approximate surface area is 487 Å². The van der Waals surface area contributed by atoms with Gasteiger partial charge in [-0.15, -0.1) is 0 Å². The van der Waals surface area contributed by atoms with Crippen molar-refractivity contribution in [2.75, 3.05) is 13.2 Å². The highest BCUT2D eigenvalue weighted by Gasteiger charge is 2.47. The quantitative estimate of drug-likeness (QED) is 0.0149. The van der Waals surface area contributed by atoms with Gasteiger partial charge in [0.15, 0.2) is 12.4 Å². The Balaban J connectivity index is 2.60. The lowest BCUT2D eigenvalue weighted by Gasteiger charge is -2.41. The number of carbonyl (C=O) groups is 2. The summed E-state index contributed by atoms with van der Waals surface area (Å²) in [6.07, 6.45) is 66.7. The molecule has 0 aliphatic carbocycles. The number of rotatable bonds is 52. The maximum Gasteiger partial charge on any atom is 0.306 e. The maximum absolute atomic E-state index is 13.4. The molecule has 0 aromatic heterocycles. The van der Waals surface area contributed by atoms with Gasteiger partial charge in [-0.3, -0.25) is 9.59 Å². The van der Waals surface area contributed by atoms with Crippen LogP contribution in [0.5, 0.6) is 0 Å². The molecule has 1 aliphatic rings. The number of carbonyl (C=O) groups excluding carboxylic acids is 2. The zero-order valence-electron chi connectivity index (χ0n) is 50.4. The molecule has 0 aromatic carbocycles. The summed E-state index contributed by atoms with van der Waals surface area (Å²) in [4.78, 5) is 26.5. The average Bonchev–Trinajstić information content (AvgIpc) is 3.46. The summed E-state index contributed by atoms with van der Waals surface area (Å²) in [7, 11) is 0. The van der Waals surface area contributed by atoms with E-state index in [9.17, 15) is 35.1 Å². The van der Waals surface area contributed by atoms with Gasteiger partial charge < -0.3 is 45.1 Å². The molecule has 1 heterocycles. The molecule has 1 rings (SSSR count). The zero-order valence-corrected chi connectivity index (χ0v) is 50.4. The van der Waals surface area contributed by atoms with Crippen LogP contribution in [-0.2, 0) is 23.8 Å². The summed E-state index contributed by atoms with van der Waals surface area (Å²) < 4.78 is 17.6. The van der Waals surface area contributed by atoms with Gasteiger partial charge in [0, 0.05) is 6.42 Å². The monoisotopic (exact) mass is 1120 g/mol. The van der Waals surface area contributed by atoms with Crippen LogP contribution in [0.4, 0.5) is 0 Å². The van der Waals surface area contributed by atoms with E-state index in [2.05, 4.69) is 111 Å². The molecule has 1 fully saturated rings. The fourth-order valence-corrected chi connectivity index (χ4v) is 9.18. The summed E-state index contributed by atoms with van der Waals surface area (Å²) in [6.45, 7) is 5.50. The number of nitrogens with one attached hydrogen (secondary N) is 1. The smallest absolute Gasteiger partial charge is 0.306 e. The Morgan fingerprint density at radius 3 is 1.49 bits per heavy atom. The molecule has 456 valence electrons. The summed E-state index contributed by atoms with van der Waals surface area (Å²) >= 11 is 0. The lowest BCUT2D eigenvalue weighted by molar-refractivity contribution is -0.305. The number of aliphatic hydroxyl groups excluding tert-OH is 5. The van der Waals surface area contributed by atoms with Gasteiger partial charge in [0.25, 0.3) is 0 Å². The summed E-state index contributed by atoms with van der Waals surface area (Å²) in [6, 6.07) is -1.04. The van der Waals surface area contributed by atoms with Gasteiger partial charge in [0.2, 0.25) is 5.91 Å². The molecule has 11 nitrogen and oxygen atoms in total. The number of hydrogen-bond acceptors (Lipinski definition) is 10. The molecule has 1 amide bonds. The second-order valence-corrected chi connectivity index (χ2v) is 21.4. The van der Waals surface area contributed by atoms with Crippen molar-refractivity contribution in [3.05, 3.63) is 122 Å². The van der Waals surface area contributed by atoms with E-state index in [1.54, 1.807) is 6.08 Å². The van der Waals surface area contributed by atoms with E-state index in [0.717, 1.165) is 128 Å². The van der Waals surface area contributed by atoms with Gasteiger partial charge >= 0.3 is 5.97 Å². The maximum atomic E-state index is 13.4. The molecule has 1 aliphatic heterocycles. The molecule has 8 atom stereocenters. The number of ether oxygens (including phenoxy) is 3. The van der Waals surface area contributed by atoms with E-state index >= 15 is 0 Å². The molecule has 0 aromatic rings. The Morgan fingerprint density at radius 2 is 0.963 bits per heavy atom. The molecule has 8 unspecified atom stereocenters. The first kappa shape index (κ1) is 74.1. The number of amides is 1. The van der Waals surface area contributed by atoms with Crippen LogP contribution in [0.15, 0.2) is 122 Å². The summed E-state index contributed by atoms with van der Waals surface area (Å²) in [5, 5.41) is 56.9. The van der Waals surface area contributed by atoms with Gasteiger partial charge in [-0.1, -0.05) is 258 Å². The van der Waals surface area contributed by atoms with Crippen molar-refractivity contribution in [1.82, 2.24) is 5.32 Å². The van der Waals surface area contributed by atoms with Gasteiger partial charge in [0.1, 0.15) is 24.4 Å². The van der Waals surface area contributed by atoms with Crippen LogP contribution >= 0.6 is 0 Å². The van der Waals surface area contributed by atoms with E-state index in [1.807, 2.05) is 30.4 Å². The van der Waals surface area contributed by atoms with Crippen molar-refractivity contribution in [2.45, 2.75) is 288 Å². The van der Waals surface area contributed by atoms with Crippen LogP contribution in [0.25, 0.3) is 0 Å². The third-order valence-corrected chi connectivity index (χ3v) is 14.2. The largest absolute Gasteiger partial charge is 0.454 e. The lowest BCUT2D eigenvalue weighted by atomic mass is 9.99. The standard InChI is InChI=1S/C69H115NO10/c1-4-7-10-13-16-19-22-25-26-27-28-29-30-31-32-33-34-35-36-37-38-39-42-45-48-51-54-57-64(74)80-67-66(76)65(75)63(58-71)79-69(67)78-59-60(61(72)55-52-49-46-43-40-23-20-17-14-11-8-5-2)70-68(77)62(73)56-53-50-47-44-41-24-21-18-15-12-9-6-3/h7,9-10,12,15-16,18-19,21,24-26,28-29,31-32,34-35,52,55,60-63,65-67,69,71-73,75-76H,4-6,8,11,13-14,17,20,22-23,27,30,33,36-51,53-54,56-59H2,1-3H3,(H,70,77)/b10-7-,12-9+,18-15+,19-16-,24-21-,26-25-,29-28-,32-31-,35-34-,55-52+. The Kier molecular flexibility index (Phi) is 51.5. The molecular weight excluding hydrogens is 1000 g/mol. The fraction of sp³-hybridized carbons (Fsp3) is 0.681. The van der Waals surface area contributed by atoms with Crippen LogP contribution in [0.1, 0.15) is 239 Å². The Hall–Kier alpha value is -3.94. The lowest BCUT2D eigenvalue weighted by Crippen LogP contribution is -2.61. The number of allylic oxidation sites excluding steroid dienone is 19. The number of unbranched alkanes of at least 4 members (excludes halogenated alkanes) is 22. The number of esters is 1. The second kappa shape index (κ2) is 55.6. The first-order valence-electron chi connectivity index (χ1n) is 31.8. The third-order valence-electron chi connectivity index (χ3n) is 14.2. The van der Waals surface area contributed by atoms with Crippen molar-refractivity contribution < 1.29 is 49.3 Å². The van der Waals surface area contributed by atoms with Crippen molar-refractivity contribution in [3.63, 3.8) is 0 Å². The number of hydrogen-bond donors (Lipinski definition) is 6. The van der Waals surface area contributed by atoms with Gasteiger partial charge in [-0.25, -0.2) is 0 Å². The molecule has 11 heteroatoms. The van der Waals surface area contributed by atoms with Gasteiger partial charge in [-0.2, -0.15) is 0 Å². The average molecular weight is 1120 g/mol. The highest BCUT2D eigenvalue weighted by atomic mass is 16.7. The highest BCUT2D eigenvalue weighted by molar-refractivity contribution is 5.80. The third kappa shape index (κ3) is 42.8. The van der Waals surface area contributed by atoms with Crippen LogP contribution in [0, 0.1) is 0 Å². The van der Waals surface area contributed by atoms with Crippen molar-refractivity contribution in [1.29, 1.82) is 0 Å². The molecule has 6 N–H and O–H groups in total. The van der Waals surface area contributed by atoms with Crippen molar-refractivity contribution in [2.24, 2.45) is 0 Å². The molecule has 80 heavy (non-hydrogen) atoms. The zero-order chi connectivity index (χ0) is 58.2. The Bertz CT molecular complexity index is 1760. The van der Waals surface area contributed by atoms with Crippen molar-refractivity contribution >= 4 is 11.9 Å².